The Morgan fingerprint density at radius 2 is 1.79 bits per heavy atom. The van der Waals surface area contributed by atoms with Crippen molar-refractivity contribution < 1.29 is 9.47 Å². The van der Waals surface area contributed by atoms with E-state index in [9.17, 15) is 0 Å². The zero-order valence-corrected chi connectivity index (χ0v) is 16.2. The van der Waals surface area contributed by atoms with Crippen molar-refractivity contribution in [1.82, 2.24) is 10.4 Å². The number of ether oxygens (including phenoxy) is 2. The van der Waals surface area contributed by atoms with Crippen LogP contribution >= 0.6 is 69.6 Å². The highest BCUT2D eigenvalue weighted by atomic mass is 35.6. The van der Waals surface area contributed by atoms with E-state index in [1.807, 2.05) is 12.1 Å². The van der Waals surface area contributed by atoms with Crippen molar-refractivity contribution in [3.8, 4) is 11.5 Å². The molecule has 1 aromatic carbocycles. The Bertz CT molecular complexity index is 711. The third kappa shape index (κ3) is 4.21. The van der Waals surface area contributed by atoms with Gasteiger partial charge >= 0.3 is 0 Å². The van der Waals surface area contributed by atoms with Gasteiger partial charge in [-0.15, -0.1) is 0 Å². The molecule has 0 aliphatic carbocycles. The number of alkyl halides is 6. The molecule has 1 N–H and O–H groups in total. The molecule has 1 aromatic rings. The fourth-order valence-electron chi connectivity index (χ4n) is 2.09. The number of fused-ring (bicyclic) bond motifs is 1. The molecule has 5 nitrogen and oxygen atoms in total. The molecule has 24 heavy (non-hydrogen) atoms. The van der Waals surface area contributed by atoms with Gasteiger partial charge in [-0.3, -0.25) is 5.43 Å². The van der Waals surface area contributed by atoms with Crippen molar-refractivity contribution in [3.05, 3.63) is 35.7 Å². The van der Waals surface area contributed by atoms with Gasteiger partial charge in [-0.05, 0) is 17.7 Å². The molecule has 0 saturated heterocycles. The van der Waals surface area contributed by atoms with Crippen LogP contribution in [0.4, 0.5) is 0 Å². The maximum Gasteiger partial charge on any atom is 0.285 e. The van der Waals surface area contributed by atoms with Crippen LogP contribution in [-0.4, -0.2) is 25.3 Å². The highest BCUT2D eigenvalue weighted by Gasteiger charge is 2.36. The quantitative estimate of drug-likeness (QED) is 0.522. The number of amidine groups is 1. The molecule has 2 heterocycles. The lowest BCUT2D eigenvalue weighted by Gasteiger charge is -2.34. The summed E-state index contributed by atoms with van der Waals surface area (Å²) in [5.41, 5.74) is 3.88. The fourth-order valence-corrected chi connectivity index (χ4v) is 2.64. The summed E-state index contributed by atoms with van der Waals surface area (Å²) < 4.78 is 7.06. The molecule has 0 atom stereocenters. The van der Waals surface area contributed by atoms with Gasteiger partial charge in [0, 0.05) is 6.42 Å². The molecular weight excluding hydrogens is 443 g/mol. The second-order valence-electron chi connectivity index (χ2n) is 4.88. The van der Waals surface area contributed by atoms with E-state index in [0.29, 0.717) is 23.8 Å². The van der Waals surface area contributed by atoms with E-state index in [2.05, 4.69) is 10.4 Å². The average molecular weight is 452 g/mol. The fraction of sp³-hybridized carbons (Fsp3) is 0.308. The van der Waals surface area contributed by atoms with Crippen molar-refractivity contribution in [2.24, 2.45) is 4.99 Å². The summed E-state index contributed by atoms with van der Waals surface area (Å²) in [7, 11) is 0. The highest BCUT2D eigenvalue weighted by Crippen LogP contribution is 2.39. The molecule has 0 bridgehead atoms. The summed E-state index contributed by atoms with van der Waals surface area (Å²) >= 11 is 35.4. The highest BCUT2D eigenvalue weighted by molar-refractivity contribution is 6.69. The number of nitrogens with zero attached hydrogens (tertiary/aromatic N) is 2. The van der Waals surface area contributed by atoms with Crippen molar-refractivity contribution in [2.45, 2.75) is 14.1 Å². The van der Waals surface area contributed by atoms with E-state index in [0.717, 1.165) is 5.56 Å². The first kappa shape index (κ1) is 18.4. The van der Waals surface area contributed by atoms with Gasteiger partial charge < -0.3 is 9.47 Å². The number of hydrogen-bond donors (Lipinski definition) is 1. The molecule has 0 amide bonds. The van der Waals surface area contributed by atoms with Gasteiger partial charge in [0.25, 0.3) is 3.92 Å². The molecule has 0 saturated carbocycles. The second kappa shape index (κ2) is 6.71. The number of benzene rings is 1. The zero-order chi connectivity index (χ0) is 17.5. The maximum atomic E-state index is 5.91. The summed E-state index contributed by atoms with van der Waals surface area (Å²) in [6.07, 6.45) is 1.69. The lowest BCUT2D eigenvalue weighted by Crippen LogP contribution is -2.49. The van der Waals surface area contributed by atoms with Crippen molar-refractivity contribution >= 4 is 75.4 Å². The van der Waals surface area contributed by atoms with Gasteiger partial charge in [-0.1, -0.05) is 75.7 Å². The molecule has 0 fully saturated rings. The van der Waals surface area contributed by atoms with E-state index in [-0.39, 0.29) is 12.5 Å². The van der Waals surface area contributed by atoms with Crippen molar-refractivity contribution in [2.75, 3.05) is 6.79 Å². The first-order valence-corrected chi connectivity index (χ1v) is 8.77. The van der Waals surface area contributed by atoms with Crippen LogP contribution in [0.5, 0.6) is 11.5 Å². The Labute approximate surface area is 168 Å². The first-order valence-electron chi connectivity index (χ1n) is 6.51. The van der Waals surface area contributed by atoms with Crippen LogP contribution in [0.1, 0.15) is 5.56 Å². The summed E-state index contributed by atoms with van der Waals surface area (Å²) in [6.45, 7) is 0.194. The smallest absolute Gasteiger partial charge is 0.285 e. The van der Waals surface area contributed by atoms with Gasteiger partial charge in [0.1, 0.15) is 11.5 Å². The molecule has 11 heteroatoms. The van der Waals surface area contributed by atoms with Crippen LogP contribution in [0.15, 0.2) is 35.1 Å². The van der Waals surface area contributed by atoms with Crippen molar-refractivity contribution in [1.29, 1.82) is 0 Å². The number of rotatable bonds is 2. The topological polar surface area (TPSA) is 46.1 Å². The molecule has 130 valence electrons. The van der Waals surface area contributed by atoms with Crippen LogP contribution in [0.2, 0.25) is 0 Å². The van der Waals surface area contributed by atoms with E-state index in [4.69, 9.17) is 79.1 Å². The lowest BCUT2D eigenvalue weighted by atomic mass is 10.1. The molecule has 2 aliphatic heterocycles. The lowest BCUT2D eigenvalue weighted by molar-refractivity contribution is 0.174. The summed E-state index contributed by atoms with van der Waals surface area (Å²) in [5, 5.41) is 1.18. The first-order chi connectivity index (χ1) is 11.1. The molecule has 2 aliphatic rings. The number of halogens is 6. The van der Waals surface area contributed by atoms with E-state index >= 15 is 0 Å². The summed E-state index contributed by atoms with van der Waals surface area (Å²) in [5.74, 6) is 1.77. The van der Waals surface area contributed by atoms with E-state index in [1.54, 1.807) is 6.07 Å². The van der Waals surface area contributed by atoms with Crippen LogP contribution in [-0.2, 0) is 6.42 Å². The number of nitrogens with one attached hydrogen (secondary N) is 1. The minimum atomic E-state index is -1.79. The van der Waals surface area contributed by atoms with Crippen molar-refractivity contribution in [3.63, 3.8) is 0 Å². The molecule has 3 rings (SSSR count). The number of allylic oxidation sites excluding steroid dienone is 1. The second-order valence-corrected chi connectivity index (χ2v) is 9.39. The summed E-state index contributed by atoms with van der Waals surface area (Å²) in [6, 6.07) is 5.50. The van der Waals surface area contributed by atoms with Crippen LogP contribution in [0, 0.1) is 0 Å². The maximum absolute atomic E-state index is 5.91. The van der Waals surface area contributed by atoms with Gasteiger partial charge in [0.2, 0.25) is 10.6 Å². The van der Waals surface area contributed by atoms with E-state index in [1.165, 1.54) is 11.2 Å². The number of hydrazine groups is 1. The van der Waals surface area contributed by atoms with E-state index < -0.39 is 7.71 Å². The monoisotopic (exact) mass is 449 g/mol. The Hall–Kier alpha value is -0.430. The predicted octanol–water partition coefficient (Wildman–Crippen LogP) is 4.72. The number of aliphatic imine (C=N–C) groups is 1. The van der Waals surface area contributed by atoms with Crippen LogP contribution in [0.25, 0.3) is 0 Å². The Morgan fingerprint density at radius 3 is 2.46 bits per heavy atom. The van der Waals surface area contributed by atoms with Gasteiger partial charge in [0.05, 0.1) is 6.20 Å². The third-order valence-electron chi connectivity index (χ3n) is 3.13. The molecule has 0 spiro atoms. The minimum absolute atomic E-state index is 0.119. The molecule has 0 aromatic heterocycles. The average Bonchev–Trinajstić information content (AvgIpc) is 2.92. The molecular formula is C13H9Cl6N3O2. The molecule has 0 radical (unpaired) electrons. The zero-order valence-electron chi connectivity index (χ0n) is 11.7. The predicted molar refractivity (Wildman–Crippen MR) is 97.3 cm³/mol. The Balaban J connectivity index is 1.86. The SMILES string of the molecule is ClC(Cl)(Cl)C1=CN(C(Cl)(Cl)Cl)NC(Cc2ccc3c(c2)OCO3)=N1. The normalized spacial score (nSPS) is 17.3. The summed E-state index contributed by atoms with van der Waals surface area (Å²) in [4.78, 5) is 4.29. The largest absolute Gasteiger partial charge is 0.454 e. The standard InChI is InChI=1S/C13H9Cl6N3O2/c14-12(15,16)10-5-22(13(17,18)19)21-11(20-10)4-7-1-2-8-9(3-7)24-6-23-8/h1-3,5H,4,6H2,(H,20,21). The van der Waals surface area contributed by atoms with Gasteiger partial charge in [0.15, 0.2) is 11.5 Å². The Morgan fingerprint density at radius 1 is 1.08 bits per heavy atom. The number of hydrogen-bond acceptors (Lipinski definition) is 5. The van der Waals surface area contributed by atoms with Crippen LogP contribution in [0.3, 0.4) is 0 Å². The van der Waals surface area contributed by atoms with Crippen LogP contribution < -0.4 is 14.9 Å². The van der Waals surface area contributed by atoms with Gasteiger partial charge in [-0.2, -0.15) is 0 Å². The van der Waals surface area contributed by atoms with Gasteiger partial charge in [-0.25, -0.2) is 10.0 Å². The Kier molecular flexibility index (Phi) is 5.13. The molecule has 0 unspecified atom stereocenters. The third-order valence-corrected chi connectivity index (χ3v) is 4.26. The minimum Gasteiger partial charge on any atom is -0.454 e.